The number of ether oxygens (including phenoxy) is 2. The Morgan fingerprint density at radius 3 is 2.36 bits per heavy atom. The predicted octanol–water partition coefficient (Wildman–Crippen LogP) is 3.82. The highest BCUT2D eigenvalue weighted by atomic mass is 32.1. The molecule has 0 aromatic heterocycles. The van der Waals surface area contributed by atoms with Crippen LogP contribution in [0.25, 0.3) is 0 Å². The van der Waals surface area contributed by atoms with Gasteiger partial charge in [-0.25, -0.2) is 0 Å². The van der Waals surface area contributed by atoms with Crippen LogP contribution >= 0.6 is 12.2 Å². The maximum atomic E-state index is 5.74. The molecule has 0 saturated carbocycles. The molecule has 0 bridgehead atoms. The van der Waals surface area contributed by atoms with Crippen molar-refractivity contribution in [2.75, 3.05) is 44.2 Å². The van der Waals surface area contributed by atoms with Crippen LogP contribution < -0.4 is 19.9 Å². The van der Waals surface area contributed by atoms with E-state index in [1.54, 1.807) is 7.11 Å². The topological polar surface area (TPSA) is 37.0 Å². The van der Waals surface area contributed by atoms with Crippen molar-refractivity contribution < 1.29 is 9.47 Å². The number of benzene rings is 2. The van der Waals surface area contributed by atoms with E-state index < -0.39 is 0 Å². The van der Waals surface area contributed by atoms with Crippen molar-refractivity contribution in [1.29, 1.82) is 0 Å². The van der Waals surface area contributed by atoms with E-state index in [1.165, 1.54) is 11.3 Å². The van der Waals surface area contributed by atoms with Gasteiger partial charge in [0.2, 0.25) is 0 Å². The van der Waals surface area contributed by atoms with Gasteiger partial charge in [0.15, 0.2) is 5.11 Å². The highest BCUT2D eigenvalue weighted by molar-refractivity contribution is 7.80. The summed E-state index contributed by atoms with van der Waals surface area (Å²) in [4.78, 5) is 4.22. The van der Waals surface area contributed by atoms with Gasteiger partial charge in [0.05, 0.1) is 19.8 Å². The molecule has 1 atom stereocenters. The van der Waals surface area contributed by atoms with Crippen molar-refractivity contribution >= 4 is 28.7 Å². The quantitative estimate of drug-likeness (QED) is 0.714. The first-order valence-electron chi connectivity index (χ1n) is 9.64. The molecule has 2 aromatic rings. The van der Waals surface area contributed by atoms with Crippen LogP contribution in [-0.4, -0.2) is 45.6 Å². The number of anilines is 2. The summed E-state index contributed by atoms with van der Waals surface area (Å²) >= 11 is 5.74. The van der Waals surface area contributed by atoms with Gasteiger partial charge in [-0.05, 0) is 67.0 Å². The smallest absolute Gasteiger partial charge is 0.173 e. The van der Waals surface area contributed by atoms with Crippen LogP contribution in [0.15, 0.2) is 48.5 Å². The third-order valence-electron chi connectivity index (χ3n) is 4.93. The largest absolute Gasteiger partial charge is 0.497 e. The summed E-state index contributed by atoms with van der Waals surface area (Å²) in [7, 11) is 5.76. The van der Waals surface area contributed by atoms with Crippen molar-refractivity contribution in [3.05, 3.63) is 54.1 Å². The van der Waals surface area contributed by atoms with Gasteiger partial charge in [-0.3, -0.25) is 0 Å². The molecule has 28 heavy (non-hydrogen) atoms. The summed E-state index contributed by atoms with van der Waals surface area (Å²) in [6.07, 6.45) is 2.46. The molecule has 1 saturated heterocycles. The summed E-state index contributed by atoms with van der Waals surface area (Å²) in [6, 6.07) is 16.5. The molecule has 2 aromatic carbocycles. The molecule has 1 aliphatic rings. The van der Waals surface area contributed by atoms with Crippen molar-refractivity contribution in [3.63, 3.8) is 0 Å². The maximum absolute atomic E-state index is 5.74. The Kier molecular flexibility index (Phi) is 7.12. The molecule has 1 fully saturated rings. The fourth-order valence-electron chi connectivity index (χ4n) is 3.23. The number of nitrogens with zero attached hydrogens (tertiary/aromatic N) is 2. The lowest BCUT2D eigenvalue weighted by Crippen LogP contribution is -2.42. The average Bonchev–Trinajstić information content (AvgIpc) is 3.24. The van der Waals surface area contributed by atoms with Gasteiger partial charge in [-0.1, -0.05) is 12.1 Å². The summed E-state index contributed by atoms with van der Waals surface area (Å²) < 4.78 is 11.0. The van der Waals surface area contributed by atoms with Gasteiger partial charge in [0.1, 0.15) is 5.75 Å². The lowest BCUT2D eigenvalue weighted by molar-refractivity contribution is 0.114. The second kappa shape index (κ2) is 9.75. The molecule has 1 N–H and O–H groups in total. The number of thiocarbonyl (C=S) groups is 1. The Hall–Kier alpha value is -2.31. The first-order valence-corrected chi connectivity index (χ1v) is 10.0. The van der Waals surface area contributed by atoms with Crippen LogP contribution in [0.4, 0.5) is 11.4 Å². The number of methoxy groups -OCH3 is 1. The number of hydrogen-bond acceptors (Lipinski definition) is 4. The zero-order valence-electron chi connectivity index (χ0n) is 16.9. The Morgan fingerprint density at radius 2 is 1.79 bits per heavy atom. The molecule has 0 aliphatic carbocycles. The molecule has 150 valence electrons. The molecule has 0 radical (unpaired) electrons. The Balaban J connectivity index is 1.75. The monoisotopic (exact) mass is 399 g/mol. The van der Waals surface area contributed by atoms with Crippen LogP contribution in [0, 0.1) is 0 Å². The van der Waals surface area contributed by atoms with Gasteiger partial charge in [0, 0.05) is 38.6 Å². The third kappa shape index (κ3) is 5.36. The SMILES string of the molecule is COc1ccc(N(Cc2ccc(N(C)C)cc2)C(=S)NC[C@@H]2CCCO2)cc1. The minimum absolute atomic E-state index is 0.245. The van der Waals surface area contributed by atoms with Crippen molar-refractivity contribution in [2.24, 2.45) is 0 Å². The lowest BCUT2D eigenvalue weighted by Gasteiger charge is -2.27. The van der Waals surface area contributed by atoms with Gasteiger partial charge in [-0.15, -0.1) is 0 Å². The maximum Gasteiger partial charge on any atom is 0.173 e. The Morgan fingerprint density at radius 1 is 1.11 bits per heavy atom. The number of nitrogens with one attached hydrogen (secondary N) is 1. The van der Waals surface area contributed by atoms with Crippen LogP contribution in [0.2, 0.25) is 0 Å². The first kappa shape index (κ1) is 20.4. The summed E-state index contributed by atoms with van der Waals surface area (Å²) in [5.41, 5.74) is 3.41. The van der Waals surface area contributed by atoms with E-state index in [0.29, 0.717) is 11.7 Å². The standard InChI is InChI=1S/C22H29N3O2S/c1-24(2)18-8-6-17(7-9-18)16-25(19-10-12-20(26-3)13-11-19)22(28)23-15-21-5-4-14-27-21/h6-13,21H,4-5,14-16H2,1-3H3,(H,23,28)/t21-/m0/s1. The third-order valence-corrected chi connectivity index (χ3v) is 5.29. The van der Waals surface area contributed by atoms with E-state index in [9.17, 15) is 0 Å². The van der Waals surface area contributed by atoms with Gasteiger partial charge in [-0.2, -0.15) is 0 Å². The van der Waals surface area contributed by atoms with Gasteiger partial charge in [0.25, 0.3) is 0 Å². The molecule has 0 amide bonds. The van der Waals surface area contributed by atoms with Crippen LogP contribution in [-0.2, 0) is 11.3 Å². The van der Waals surface area contributed by atoms with E-state index >= 15 is 0 Å². The van der Waals surface area contributed by atoms with Gasteiger partial charge >= 0.3 is 0 Å². The summed E-state index contributed by atoms with van der Waals surface area (Å²) in [5.74, 6) is 0.831. The highest BCUT2D eigenvalue weighted by Gasteiger charge is 2.18. The normalized spacial score (nSPS) is 15.9. The van der Waals surface area contributed by atoms with E-state index in [0.717, 1.165) is 37.4 Å². The first-order chi connectivity index (χ1) is 13.6. The molecule has 3 rings (SSSR count). The molecule has 1 heterocycles. The fraction of sp³-hybridized carbons (Fsp3) is 0.409. The van der Waals surface area contributed by atoms with Crippen LogP contribution in [0.3, 0.4) is 0 Å². The van der Waals surface area contributed by atoms with Crippen molar-refractivity contribution in [1.82, 2.24) is 5.32 Å². The van der Waals surface area contributed by atoms with Crippen molar-refractivity contribution in [3.8, 4) is 5.75 Å². The molecule has 1 aliphatic heterocycles. The fourth-order valence-corrected chi connectivity index (χ4v) is 3.48. The molecular weight excluding hydrogens is 370 g/mol. The second-order valence-electron chi connectivity index (χ2n) is 7.17. The van der Waals surface area contributed by atoms with E-state index in [-0.39, 0.29) is 6.10 Å². The zero-order valence-corrected chi connectivity index (χ0v) is 17.7. The predicted molar refractivity (Wildman–Crippen MR) is 120 cm³/mol. The van der Waals surface area contributed by atoms with E-state index in [4.69, 9.17) is 21.7 Å². The molecule has 0 spiro atoms. The van der Waals surface area contributed by atoms with Gasteiger partial charge < -0.3 is 24.6 Å². The lowest BCUT2D eigenvalue weighted by atomic mass is 10.1. The number of hydrogen-bond donors (Lipinski definition) is 1. The van der Waals surface area contributed by atoms with Crippen LogP contribution in [0.1, 0.15) is 18.4 Å². The average molecular weight is 400 g/mol. The minimum atomic E-state index is 0.245. The van der Waals surface area contributed by atoms with E-state index in [2.05, 4.69) is 39.4 Å². The Labute approximate surface area is 173 Å². The molecule has 5 nitrogen and oxygen atoms in total. The summed E-state index contributed by atoms with van der Waals surface area (Å²) in [5, 5.41) is 4.10. The second-order valence-corrected chi connectivity index (χ2v) is 7.55. The summed E-state index contributed by atoms with van der Waals surface area (Å²) in [6.45, 7) is 2.28. The minimum Gasteiger partial charge on any atom is -0.497 e. The molecule has 0 unspecified atom stereocenters. The Bertz CT molecular complexity index is 756. The van der Waals surface area contributed by atoms with Crippen molar-refractivity contribution in [2.45, 2.75) is 25.5 Å². The highest BCUT2D eigenvalue weighted by Crippen LogP contribution is 2.23. The molecular formula is C22H29N3O2S. The zero-order chi connectivity index (χ0) is 19.9. The number of rotatable bonds is 7. The molecule has 6 heteroatoms. The van der Waals surface area contributed by atoms with Crippen LogP contribution in [0.5, 0.6) is 5.75 Å². The van der Waals surface area contributed by atoms with E-state index in [1.807, 2.05) is 38.4 Å².